The van der Waals surface area contributed by atoms with Gasteiger partial charge in [0.2, 0.25) is 0 Å². The summed E-state index contributed by atoms with van der Waals surface area (Å²) in [5.74, 6) is -0.432. The summed E-state index contributed by atoms with van der Waals surface area (Å²) in [5, 5.41) is -0.209. The first-order valence-electron chi connectivity index (χ1n) is 6.09. The van der Waals surface area contributed by atoms with E-state index in [4.69, 9.17) is 4.74 Å². The highest BCUT2D eigenvalue weighted by atomic mass is 32.2. The number of hydrogen-bond donors (Lipinski definition) is 0. The summed E-state index contributed by atoms with van der Waals surface area (Å²) < 4.78 is 18.0. The van der Waals surface area contributed by atoms with Crippen molar-refractivity contribution < 1.29 is 13.9 Å². The molecule has 0 bridgehead atoms. The minimum absolute atomic E-state index is 0.209. The molecule has 0 spiro atoms. The summed E-state index contributed by atoms with van der Waals surface area (Å²) in [6.45, 7) is 3.81. The number of benzene rings is 1. The molecule has 0 saturated carbocycles. The van der Waals surface area contributed by atoms with Crippen LogP contribution in [0.5, 0.6) is 0 Å². The summed E-state index contributed by atoms with van der Waals surface area (Å²) in [6, 6.07) is 4.91. The summed E-state index contributed by atoms with van der Waals surface area (Å²) in [5.41, 5.74) is 0.596. The van der Waals surface area contributed by atoms with Crippen LogP contribution in [0.3, 0.4) is 0 Å². The average molecular weight is 270 g/mol. The number of rotatable bonds is 6. The molecule has 0 fully saturated rings. The van der Waals surface area contributed by atoms with Crippen molar-refractivity contribution in [3.8, 4) is 0 Å². The van der Waals surface area contributed by atoms with Crippen molar-refractivity contribution in [2.24, 2.45) is 0 Å². The number of ether oxygens (including phenoxy) is 1. The molecular formula is C14H19FO2S. The third kappa shape index (κ3) is 4.33. The molecule has 1 aromatic rings. The predicted molar refractivity (Wildman–Crippen MR) is 72.3 cm³/mol. The van der Waals surface area contributed by atoms with Crippen LogP contribution in [0.25, 0.3) is 0 Å². The number of carbonyl (C=O) groups is 1. The Morgan fingerprint density at radius 1 is 1.50 bits per heavy atom. The summed E-state index contributed by atoms with van der Waals surface area (Å²) in [7, 11) is 1.40. The van der Waals surface area contributed by atoms with E-state index in [1.165, 1.54) is 24.9 Å². The van der Waals surface area contributed by atoms with E-state index in [2.05, 4.69) is 6.92 Å². The van der Waals surface area contributed by atoms with Crippen molar-refractivity contribution in [2.75, 3.05) is 7.11 Å². The summed E-state index contributed by atoms with van der Waals surface area (Å²) in [6.07, 6.45) is 2.80. The quantitative estimate of drug-likeness (QED) is 0.578. The lowest BCUT2D eigenvalue weighted by atomic mass is 10.2. The van der Waals surface area contributed by atoms with Crippen LogP contribution in [0.4, 0.5) is 4.39 Å². The normalized spacial score (nSPS) is 12.2. The highest BCUT2D eigenvalue weighted by molar-refractivity contribution is 8.00. The van der Waals surface area contributed by atoms with Crippen LogP contribution in [0.15, 0.2) is 23.1 Å². The van der Waals surface area contributed by atoms with Crippen LogP contribution in [-0.4, -0.2) is 18.3 Å². The minimum Gasteiger partial charge on any atom is -0.468 e. The largest absolute Gasteiger partial charge is 0.468 e. The number of methoxy groups -OCH3 is 1. The number of thioether (sulfide) groups is 1. The average Bonchev–Trinajstić information content (AvgIpc) is 2.37. The van der Waals surface area contributed by atoms with Gasteiger partial charge in [-0.3, -0.25) is 4.79 Å². The molecule has 0 aliphatic heterocycles. The SMILES string of the molecule is CCCC[C@H](Sc1ccc(F)c(C)c1)C(=O)OC. The van der Waals surface area contributed by atoms with Crippen LogP contribution in [0, 0.1) is 12.7 Å². The Labute approximate surface area is 112 Å². The van der Waals surface area contributed by atoms with Gasteiger partial charge in [-0.1, -0.05) is 19.8 Å². The number of unbranched alkanes of at least 4 members (excludes halogenated alkanes) is 1. The van der Waals surface area contributed by atoms with Crippen molar-refractivity contribution in [2.45, 2.75) is 43.3 Å². The lowest BCUT2D eigenvalue weighted by Gasteiger charge is -2.14. The van der Waals surface area contributed by atoms with Gasteiger partial charge in [-0.25, -0.2) is 4.39 Å². The Kier molecular flexibility index (Phi) is 6.19. The molecule has 0 saturated heterocycles. The van der Waals surface area contributed by atoms with Crippen LogP contribution in [-0.2, 0) is 9.53 Å². The smallest absolute Gasteiger partial charge is 0.319 e. The van der Waals surface area contributed by atoms with Gasteiger partial charge in [0.05, 0.1) is 7.11 Å². The monoisotopic (exact) mass is 270 g/mol. The Balaban J connectivity index is 2.75. The topological polar surface area (TPSA) is 26.3 Å². The van der Waals surface area contributed by atoms with Crippen molar-refractivity contribution in [3.63, 3.8) is 0 Å². The van der Waals surface area contributed by atoms with Crippen molar-refractivity contribution >= 4 is 17.7 Å². The van der Waals surface area contributed by atoms with E-state index in [1.54, 1.807) is 19.1 Å². The second-order valence-corrected chi connectivity index (χ2v) is 5.46. The molecule has 0 amide bonds. The molecule has 2 nitrogen and oxygen atoms in total. The fourth-order valence-electron chi connectivity index (χ4n) is 1.60. The predicted octanol–water partition coefficient (Wildman–Crippen LogP) is 3.96. The molecule has 0 N–H and O–H groups in total. The van der Waals surface area contributed by atoms with Gasteiger partial charge in [0.15, 0.2) is 0 Å². The van der Waals surface area contributed by atoms with Gasteiger partial charge in [0.25, 0.3) is 0 Å². The highest BCUT2D eigenvalue weighted by Gasteiger charge is 2.20. The Morgan fingerprint density at radius 3 is 2.78 bits per heavy atom. The van der Waals surface area contributed by atoms with Crippen molar-refractivity contribution in [1.29, 1.82) is 0 Å². The number of halogens is 1. The molecule has 18 heavy (non-hydrogen) atoms. The second kappa shape index (κ2) is 7.41. The lowest BCUT2D eigenvalue weighted by molar-refractivity contribution is -0.140. The van der Waals surface area contributed by atoms with Gasteiger partial charge in [-0.2, -0.15) is 0 Å². The Morgan fingerprint density at radius 2 is 2.22 bits per heavy atom. The number of esters is 1. The van der Waals surface area contributed by atoms with Crippen LogP contribution in [0.1, 0.15) is 31.7 Å². The number of hydrogen-bond acceptors (Lipinski definition) is 3. The number of carbonyl (C=O) groups excluding carboxylic acids is 1. The van der Waals surface area contributed by atoms with Gasteiger partial charge in [0.1, 0.15) is 11.1 Å². The zero-order valence-corrected chi connectivity index (χ0v) is 11.8. The van der Waals surface area contributed by atoms with E-state index in [-0.39, 0.29) is 17.0 Å². The van der Waals surface area contributed by atoms with Crippen LogP contribution in [0.2, 0.25) is 0 Å². The maximum atomic E-state index is 13.2. The Hall–Kier alpha value is -1.03. The van der Waals surface area contributed by atoms with Gasteiger partial charge < -0.3 is 4.74 Å². The van der Waals surface area contributed by atoms with E-state index < -0.39 is 0 Å². The molecule has 1 aromatic carbocycles. The zero-order chi connectivity index (χ0) is 13.5. The van der Waals surface area contributed by atoms with Crippen LogP contribution >= 0.6 is 11.8 Å². The standard InChI is InChI=1S/C14H19FO2S/c1-4-5-6-13(14(16)17-3)18-11-7-8-12(15)10(2)9-11/h7-9,13H,4-6H2,1-3H3/t13-/m0/s1. The van der Waals surface area contributed by atoms with Gasteiger partial charge in [-0.15, -0.1) is 11.8 Å². The first kappa shape index (κ1) is 15.0. The number of aryl methyl sites for hydroxylation is 1. The third-order valence-electron chi connectivity index (χ3n) is 2.69. The van der Waals surface area contributed by atoms with Gasteiger partial charge in [0, 0.05) is 4.90 Å². The van der Waals surface area contributed by atoms with Crippen molar-refractivity contribution in [1.82, 2.24) is 0 Å². The molecule has 0 aliphatic carbocycles. The molecule has 1 rings (SSSR count). The molecule has 100 valence electrons. The van der Waals surface area contributed by atoms with Crippen molar-refractivity contribution in [3.05, 3.63) is 29.6 Å². The summed E-state index contributed by atoms with van der Waals surface area (Å²) >= 11 is 1.44. The second-order valence-electron chi connectivity index (χ2n) is 4.18. The van der Waals surface area contributed by atoms with E-state index in [9.17, 15) is 9.18 Å². The fraction of sp³-hybridized carbons (Fsp3) is 0.500. The van der Waals surface area contributed by atoms with E-state index in [0.717, 1.165) is 24.2 Å². The molecule has 0 aromatic heterocycles. The minimum atomic E-state index is -0.220. The Bertz CT molecular complexity index is 407. The summed E-state index contributed by atoms with van der Waals surface area (Å²) in [4.78, 5) is 12.6. The molecule has 0 heterocycles. The molecule has 0 radical (unpaired) electrons. The maximum absolute atomic E-state index is 13.2. The van der Waals surface area contributed by atoms with Gasteiger partial charge >= 0.3 is 5.97 Å². The molecule has 0 aliphatic rings. The molecular weight excluding hydrogens is 251 g/mol. The third-order valence-corrected chi connectivity index (χ3v) is 3.93. The molecule has 0 unspecified atom stereocenters. The first-order chi connectivity index (χ1) is 8.58. The maximum Gasteiger partial charge on any atom is 0.319 e. The van der Waals surface area contributed by atoms with E-state index in [0.29, 0.717) is 5.56 Å². The molecule has 1 atom stereocenters. The lowest BCUT2D eigenvalue weighted by Crippen LogP contribution is -2.18. The zero-order valence-electron chi connectivity index (χ0n) is 11.0. The van der Waals surface area contributed by atoms with E-state index >= 15 is 0 Å². The van der Waals surface area contributed by atoms with Gasteiger partial charge in [-0.05, 0) is 37.1 Å². The fourth-order valence-corrected chi connectivity index (χ4v) is 2.80. The highest BCUT2D eigenvalue weighted by Crippen LogP contribution is 2.28. The van der Waals surface area contributed by atoms with Crippen LogP contribution < -0.4 is 0 Å². The van der Waals surface area contributed by atoms with E-state index in [1.807, 2.05) is 0 Å². The molecule has 4 heteroatoms. The first-order valence-corrected chi connectivity index (χ1v) is 6.97.